The number of aromatic nitrogens is 3. The molecule has 0 amide bonds. The van der Waals surface area contributed by atoms with Gasteiger partial charge in [0.25, 0.3) is 0 Å². The summed E-state index contributed by atoms with van der Waals surface area (Å²) in [5.41, 5.74) is 2.33. The summed E-state index contributed by atoms with van der Waals surface area (Å²) in [5, 5.41) is 9.97. The maximum Gasteiger partial charge on any atom is 0.124 e. The van der Waals surface area contributed by atoms with Crippen LogP contribution in [-0.4, -0.2) is 20.1 Å². The van der Waals surface area contributed by atoms with E-state index in [1.165, 1.54) is 6.33 Å². The molecule has 4 heteroatoms. The van der Waals surface area contributed by atoms with Crippen LogP contribution >= 0.6 is 0 Å². The lowest BCUT2D eigenvalue weighted by Crippen LogP contribution is -2.03. The summed E-state index contributed by atoms with van der Waals surface area (Å²) in [6.07, 6.45) is 5.52. The van der Waals surface area contributed by atoms with E-state index in [0.29, 0.717) is 11.3 Å². The number of aliphatic hydroxyl groups is 1. The molecule has 2 aromatic heterocycles. The van der Waals surface area contributed by atoms with E-state index in [4.69, 9.17) is 0 Å². The molecule has 2 rings (SSSR count). The van der Waals surface area contributed by atoms with Crippen molar-refractivity contribution >= 4 is 0 Å². The van der Waals surface area contributed by atoms with Gasteiger partial charge in [0.2, 0.25) is 0 Å². The van der Waals surface area contributed by atoms with Gasteiger partial charge in [0.05, 0.1) is 5.69 Å². The number of nitrogens with zero attached hydrogens (tertiary/aromatic N) is 3. The van der Waals surface area contributed by atoms with Crippen LogP contribution in [0.4, 0.5) is 0 Å². The van der Waals surface area contributed by atoms with Crippen LogP contribution < -0.4 is 0 Å². The highest BCUT2D eigenvalue weighted by Gasteiger charge is 2.11. The van der Waals surface area contributed by atoms with Crippen LogP contribution in [0.15, 0.2) is 37.1 Å². The number of aryl methyl sites for hydroxylation is 1. The lowest BCUT2D eigenvalue weighted by atomic mass is 10.1. The van der Waals surface area contributed by atoms with Gasteiger partial charge < -0.3 is 5.11 Å². The van der Waals surface area contributed by atoms with Gasteiger partial charge in [-0.2, -0.15) is 0 Å². The Morgan fingerprint density at radius 1 is 1.27 bits per heavy atom. The standard InChI is InChI=1S/C11H11N3O/c1-8-2-3-14-10(4-8)11(15)9-5-12-7-13-6-9/h2-7,11,15H,1H3. The third-order valence-electron chi connectivity index (χ3n) is 2.11. The van der Waals surface area contributed by atoms with E-state index >= 15 is 0 Å². The summed E-state index contributed by atoms with van der Waals surface area (Å²) < 4.78 is 0. The zero-order chi connectivity index (χ0) is 10.7. The molecule has 0 saturated carbocycles. The summed E-state index contributed by atoms with van der Waals surface area (Å²) in [6, 6.07) is 3.73. The van der Waals surface area contributed by atoms with Crippen LogP contribution in [0.3, 0.4) is 0 Å². The molecule has 0 radical (unpaired) electrons. The molecule has 76 valence electrons. The van der Waals surface area contributed by atoms with Crippen molar-refractivity contribution in [3.8, 4) is 0 Å². The zero-order valence-electron chi connectivity index (χ0n) is 8.33. The molecule has 0 aliphatic rings. The first-order chi connectivity index (χ1) is 7.27. The van der Waals surface area contributed by atoms with E-state index in [1.807, 2.05) is 19.1 Å². The van der Waals surface area contributed by atoms with Crippen LogP contribution in [0.25, 0.3) is 0 Å². The van der Waals surface area contributed by atoms with Crippen molar-refractivity contribution in [1.82, 2.24) is 15.0 Å². The monoisotopic (exact) mass is 201 g/mol. The summed E-state index contributed by atoms with van der Waals surface area (Å²) in [7, 11) is 0. The molecule has 2 aromatic rings. The Balaban J connectivity index is 2.32. The van der Waals surface area contributed by atoms with E-state index in [9.17, 15) is 5.11 Å². The smallest absolute Gasteiger partial charge is 0.124 e. The van der Waals surface area contributed by atoms with Gasteiger partial charge in [-0.25, -0.2) is 9.97 Å². The average molecular weight is 201 g/mol. The molecule has 15 heavy (non-hydrogen) atoms. The quantitative estimate of drug-likeness (QED) is 0.794. The minimum absolute atomic E-state index is 0.616. The second-order valence-electron chi connectivity index (χ2n) is 3.33. The van der Waals surface area contributed by atoms with Crippen molar-refractivity contribution in [2.75, 3.05) is 0 Å². The van der Waals surface area contributed by atoms with Crippen LogP contribution in [0, 0.1) is 6.92 Å². The summed E-state index contributed by atoms with van der Waals surface area (Å²) >= 11 is 0. The highest BCUT2D eigenvalue weighted by Crippen LogP contribution is 2.18. The summed E-state index contributed by atoms with van der Waals surface area (Å²) in [4.78, 5) is 11.8. The third kappa shape index (κ3) is 2.16. The lowest BCUT2D eigenvalue weighted by molar-refractivity contribution is 0.214. The fourth-order valence-electron chi connectivity index (χ4n) is 1.33. The SMILES string of the molecule is Cc1ccnc(C(O)c2cncnc2)c1. The molecule has 1 atom stereocenters. The van der Waals surface area contributed by atoms with Crippen LogP contribution in [-0.2, 0) is 0 Å². The molecule has 0 aliphatic carbocycles. The van der Waals surface area contributed by atoms with Gasteiger partial charge in [0.15, 0.2) is 0 Å². The van der Waals surface area contributed by atoms with Crippen LogP contribution in [0.2, 0.25) is 0 Å². The molecule has 0 fully saturated rings. The minimum atomic E-state index is -0.758. The Labute approximate surface area is 87.7 Å². The molecule has 1 N–H and O–H groups in total. The molecular formula is C11H11N3O. The van der Waals surface area contributed by atoms with Gasteiger partial charge in [-0.15, -0.1) is 0 Å². The van der Waals surface area contributed by atoms with Crippen molar-refractivity contribution in [3.05, 3.63) is 53.9 Å². The minimum Gasteiger partial charge on any atom is -0.382 e. The van der Waals surface area contributed by atoms with Gasteiger partial charge in [-0.05, 0) is 24.6 Å². The van der Waals surface area contributed by atoms with Crippen LogP contribution in [0.1, 0.15) is 22.9 Å². The molecule has 0 aliphatic heterocycles. The summed E-state index contributed by atoms with van der Waals surface area (Å²) in [6.45, 7) is 1.96. The fourth-order valence-corrected chi connectivity index (χ4v) is 1.33. The van der Waals surface area contributed by atoms with Gasteiger partial charge >= 0.3 is 0 Å². The van der Waals surface area contributed by atoms with Gasteiger partial charge in [0, 0.05) is 24.2 Å². The Morgan fingerprint density at radius 3 is 2.67 bits per heavy atom. The number of pyridine rings is 1. The lowest BCUT2D eigenvalue weighted by Gasteiger charge is -2.09. The molecule has 0 saturated heterocycles. The number of hydrogen-bond donors (Lipinski definition) is 1. The maximum absolute atomic E-state index is 9.97. The Kier molecular flexibility index (Phi) is 2.69. The molecule has 2 heterocycles. The number of hydrogen-bond acceptors (Lipinski definition) is 4. The highest BCUT2D eigenvalue weighted by atomic mass is 16.3. The van der Waals surface area contributed by atoms with Crippen LogP contribution in [0.5, 0.6) is 0 Å². The Bertz CT molecular complexity index is 445. The first-order valence-corrected chi connectivity index (χ1v) is 4.63. The molecule has 0 bridgehead atoms. The maximum atomic E-state index is 9.97. The fraction of sp³-hybridized carbons (Fsp3) is 0.182. The van der Waals surface area contributed by atoms with Gasteiger partial charge in [-0.3, -0.25) is 4.98 Å². The molecule has 1 unspecified atom stereocenters. The molecule has 4 nitrogen and oxygen atoms in total. The van der Waals surface area contributed by atoms with Crippen molar-refractivity contribution in [3.63, 3.8) is 0 Å². The Morgan fingerprint density at radius 2 is 2.00 bits per heavy atom. The topological polar surface area (TPSA) is 58.9 Å². The van der Waals surface area contributed by atoms with E-state index in [-0.39, 0.29) is 0 Å². The van der Waals surface area contributed by atoms with E-state index in [1.54, 1.807) is 18.6 Å². The number of aliphatic hydroxyl groups excluding tert-OH is 1. The predicted molar refractivity (Wildman–Crippen MR) is 55.1 cm³/mol. The highest BCUT2D eigenvalue weighted by molar-refractivity contribution is 5.23. The first-order valence-electron chi connectivity index (χ1n) is 4.63. The van der Waals surface area contributed by atoms with Crippen molar-refractivity contribution in [2.24, 2.45) is 0 Å². The molecule has 0 aromatic carbocycles. The van der Waals surface area contributed by atoms with Crippen molar-refractivity contribution < 1.29 is 5.11 Å². The van der Waals surface area contributed by atoms with Crippen molar-refractivity contribution in [1.29, 1.82) is 0 Å². The number of rotatable bonds is 2. The molecule has 0 spiro atoms. The zero-order valence-corrected chi connectivity index (χ0v) is 8.33. The Hall–Kier alpha value is -1.81. The van der Waals surface area contributed by atoms with E-state index < -0.39 is 6.10 Å². The second kappa shape index (κ2) is 4.14. The second-order valence-corrected chi connectivity index (χ2v) is 3.33. The summed E-state index contributed by atoms with van der Waals surface area (Å²) in [5.74, 6) is 0. The van der Waals surface area contributed by atoms with Crippen molar-refractivity contribution in [2.45, 2.75) is 13.0 Å². The third-order valence-corrected chi connectivity index (χ3v) is 2.11. The van der Waals surface area contributed by atoms with Gasteiger partial charge in [0.1, 0.15) is 12.4 Å². The average Bonchev–Trinajstić information content (AvgIpc) is 2.29. The largest absolute Gasteiger partial charge is 0.382 e. The predicted octanol–water partition coefficient (Wildman–Crippen LogP) is 1.26. The van der Waals surface area contributed by atoms with Gasteiger partial charge in [-0.1, -0.05) is 0 Å². The van der Waals surface area contributed by atoms with E-state index in [2.05, 4.69) is 15.0 Å². The molecular weight excluding hydrogens is 190 g/mol. The first kappa shape index (κ1) is 9.73. The van der Waals surface area contributed by atoms with E-state index in [0.717, 1.165) is 5.56 Å². The normalized spacial score (nSPS) is 12.4.